The van der Waals surface area contributed by atoms with Crippen molar-refractivity contribution in [1.82, 2.24) is 15.0 Å². The van der Waals surface area contributed by atoms with E-state index < -0.39 is 18.5 Å². The quantitative estimate of drug-likeness (QED) is 0.586. The first-order valence-corrected chi connectivity index (χ1v) is 8.77. The van der Waals surface area contributed by atoms with Crippen LogP contribution < -0.4 is 14.8 Å². The molecule has 1 amide bonds. The van der Waals surface area contributed by atoms with Crippen LogP contribution in [0.3, 0.4) is 0 Å². The molecule has 3 aromatic rings. The fraction of sp³-hybridized carbons (Fsp3) is 0.263. The van der Waals surface area contributed by atoms with Gasteiger partial charge in [0.25, 0.3) is 5.91 Å². The Morgan fingerprint density at radius 3 is 2.57 bits per heavy atom. The molecule has 1 aromatic heterocycles. The van der Waals surface area contributed by atoms with Gasteiger partial charge in [-0.25, -0.2) is 9.48 Å². The molecule has 30 heavy (non-hydrogen) atoms. The zero-order chi connectivity index (χ0) is 21.8. The molecule has 0 aliphatic rings. The van der Waals surface area contributed by atoms with E-state index in [2.05, 4.69) is 20.4 Å². The lowest BCUT2D eigenvalue weighted by Crippen LogP contribution is -2.16. The van der Waals surface area contributed by atoms with Gasteiger partial charge in [0.15, 0.2) is 11.5 Å². The highest BCUT2D eigenvalue weighted by Gasteiger charge is 2.21. The number of aromatic nitrogens is 3. The first kappa shape index (κ1) is 21.0. The lowest BCUT2D eigenvalue weighted by molar-refractivity contribution is -0.0511. The highest BCUT2D eigenvalue weighted by atomic mass is 19.3. The molecule has 158 valence electrons. The van der Waals surface area contributed by atoms with Crippen molar-refractivity contribution in [2.24, 2.45) is 0 Å². The van der Waals surface area contributed by atoms with Crippen LogP contribution in [0.15, 0.2) is 30.3 Å². The summed E-state index contributed by atoms with van der Waals surface area (Å²) >= 11 is 0. The largest absolute Gasteiger partial charge is 0.493 e. The zero-order valence-electron chi connectivity index (χ0n) is 16.3. The molecule has 0 spiro atoms. The van der Waals surface area contributed by atoms with E-state index in [0.717, 1.165) is 24.8 Å². The summed E-state index contributed by atoms with van der Waals surface area (Å²) in [5.74, 6) is -1.86. The number of carbonyl (C=O) groups excluding carboxylic acids is 2. The van der Waals surface area contributed by atoms with Gasteiger partial charge >= 0.3 is 12.6 Å². The van der Waals surface area contributed by atoms with Gasteiger partial charge in [-0.05, 0) is 25.1 Å². The van der Waals surface area contributed by atoms with Crippen LogP contribution in [0.1, 0.15) is 27.6 Å². The number of ether oxygens (including phenoxy) is 3. The van der Waals surface area contributed by atoms with Gasteiger partial charge in [-0.3, -0.25) is 4.79 Å². The number of anilines is 1. The van der Waals surface area contributed by atoms with E-state index in [1.165, 1.54) is 13.2 Å². The molecule has 0 saturated carbocycles. The van der Waals surface area contributed by atoms with E-state index in [1.807, 2.05) is 6.92 Å². The molecule has 2 aromatic carbocycles. The Labute approximate surface area is 169 Å². The maximum Gasteiger partial charge on any atom is 0.387 e. The molecule has 0 aliphatic carbocycles. The number of aryl methyl sites for hydroxylation is 1. The van der Waals surface area contributed by atoms with E-state index in [-0.39, 0.29) is 28.3 Å². The molecule has 0 bridgehead atoms. The lowest BCUT2D eigenvalue weighted by atomic mass is 10.1. The summed E-state index contributed by atoms with van der Waals surface area (Å²) in [5, 5.41) is 10.5. The van der Waals surface area contributed by atoms with Crippen molar-refractivity contribution in [2.75, 3.05) is 19.5 Å². The number of amides is 1. The van der Waals surface area contributed by atoms with E-state index in [0.29, 0.717) is 12.1 Å². The van der Waals surface area contributed by atoms with Crippen LogP contribution in [0.25, 0.3) is 11.0 Å². The second-order valence-electron chi connectivity index (χ2n) is 5.98. The molecule has 9 nitrogen and oxygen atoms in total. The molecule has 0 aliphatic heterocycles. The molecular weight excluding hydrogens is 402 g/mol. The first-order valence-electron chi connectivity index (χ1n) is 8.77. The van der Waals surface area contributed by atoms with Crippen LogP contribution >= 0.6 is 0 Å². The molecule has 0 fully saturated rings. The second-order valence-corrected chi connectivity index (χ2v) is 5.98. The third kappa shape index (κ3) is 4.14. The highest BCUT2D eigenvalue weighted by molar-refractivity contribution is 6.09. The lowest BCUT2D eigenvalue weighted by Gasteiger charge is -2.15. The van der Waals surface area contributed by atoms with Gasteiger partial charge in [0, 0.05) is 24.2 Å². The van der Waals surface area contributed by atoms with Crippen molar-refractivity contribution >= 4 is 28.6 Å². The topological polar surface area (TPSA) is 105 Å². The van der Waals surface area contributed by atoms with Crippen molar-refractivity contribution < 1.29 is 32.6 Å². The number of methoxy groups -OCH3 is 2. The average molecular weight is 420 g/mol. The molecule has 0 saturated heterocycles. The molecule has 1 heterocycles. The minimum absolute atomic E-state index is 0.0828. The van der Waals surface area contributed by atoms with Gasteiger partial charge in [-0.15, -0.1) is 5.10 Å². The predicted molar refractivity (Wildman–Crippen MR) is 102 cm³/mol. The van der Waals surface area contributed by atoms with Gasteiger partial charge in [0.2, 0.25) is 0 Å². The fourth-order valence-corrected chi connectivity index (χ4v) is 2.83. The summed E-state index contributed by atoms with van der Waals surface area (Å²) in [7, 11) is 2.38. The summed E-state index contributed by atoms with van der Waals surface area (Å²) in [6.07, 6.45) is 0. The SMILES string of the molecule is CCn1nnc2cc(C(=O)Nc3cc(OC(F)F)c(OC)cc3C(=O)OC)ccc21. The average Bonchev–Trinajstić information content (AvgIpc) is 3.15. The summed E-state index contributed by atoms with van der Waals surface area (Å²) in [5.41, 5.74) is 1.31. The number of nitrogens with zero attached hydrogens (tertiary/aromatic N) is 3. The number of nitrogens with one attached hydrogen (secondary N) is 1. The number of esters is 1. The van der Waals surface area contributed by atoms with Crippen LogP contribution in [-0.4, -0.2) is 47.7 Å². The summed E-state index contributed by atoms with van der Waals surface area (Å²) < 4.78 is 41.2. The summed E-state index contributed by atoms with van der Waals surface area (Å²) in [6.45, 7) is -0.607. The predicted octanol–water partition coefficient (Wildman–Crippen LogP) is 3.10. The monoisotopic (exact) mass is 420 g/mol. The second kappa shape index (κ2) is 8.72. The van der Waals surface area contributed by atoms with Gasteiger partial charge in [-0.1, -0.05) is 5.21 Å². The molecule has 11 heteroatoms. The third-order valence-corrected chi connectivity index (χ3v) is 4.25. The molecular formula is C19H18F2N4O5. The smallest absolute Gasteiger partial charge is 0.387 e. The maximum absolute atomic E-state index is 12.7. The summed E-state index contributed by atoms with van der Waals surface area (Å²) in [6, 6.07) is 7.00. The van der Waals surface area contributed by atoms with E-state index in [1.54, 1.807) is 16.8 Å². The Bertz CT molecular complexity index is 1100. The van der Waals surface area contributed by atoms with Gasteiger partial charge in [-0.2, -0.15) is 8.78 Å². The Morgan fingerprint density at radius 2 is 1.93 bits per heavy atom. The number of halogens is 2. The van der Waals surface area contributed by atoms with Crippen molar-refractivity contribution in [2.45, 2.75) is 20.1 Å². The van der Waals surface area contributed by atoms with Gasteiger partial charge in [0.1, 0.15) is 5.52 Å². The zero-order valence-corrected chi connectivity index (χ0v) is 16.3. The van der Waals surface area contributed by atoms with Gasteiger partial charge < -0.3 is 19.5 Å². The van der Waals surface area contributed by atoms with E-state index >= 15 is 0 Å². The van der Waals surface area contributed by atoms with E-state index in [4.69, 9.17) is 9.47 Å². The summed E-state index contributed by atoms with van der Waals surface area (Å²) in [4.78, 5) is 24.9. The van der Waals surface area contributed by atoms with Crippen LogP contribution in [0, 0.1) is 0 Å². The number of alkyl halides is 2. The number of rotatable bonds is 7. The normalized spacial score (nSPS) is 10.9. The number of fused-ring (bicyclic) bond motifs is 1. The minimum atomic E-state index is -3.13. The number of hydrogen-bond acceptors (Lipinski definition) is 7. The van der Waals surface area contributed by atoms with Crippen molar-refractivity contribution in [1.29, 1.82) is 0 Å². The third-order valence-electron chi connectivity index (χ3n) is 4.25. The van der Waals surface area contributed by atoms with Gasteiger partial charge in [0.05, 0.1) is 31.0 Å². The fourth-order valence-electron chi connectivity index (χ4n) is 2.83. The maximum atomic E-state index is 12.7. The number of benzene rings is 2. The van der Waals surface area contributed by atoms with Crippen molar-refractivity contribution in [3.8, 4) is 11.5 Å². The minimum Gasteiger partial charge on any atom is -0.493 e. The standard InChI is InChI=1S/C19H18F2N4O5/c1-4-25-14-6-5-10(7-13(14)23-24-25)17(26)22-12-9-16(30-19(20)21)15(28-2)8-11(12)18(27)29-3/h5-9,19H,4H2,1-3H3,(H,22,26). The molecule has 0 radical (unpaired) electrons. The van der Waals surface area contributed by atoms with Crippen molar-refractivity contribution in [3.05, 3.63) is 41.5 Å². The van der Waals surface area contributed by atoms with Crippen molar-refractivity contribution in [3.63, 3.8) is 0 Å². The van der Waals surface area contributed by atoms with E-state index in [9.17, 15) is 18.4 Å². The highest BCUT2D eigenvalue weighted by Crippen LogP contribution is 2.35. The molecule has 0 atom stereocenters. The Kier molecular flexibility index (Phi) is 6.09. The molecule has 0 unspecified atom stereocenters. The first-order chi connectivity index (χ1) is 14.4. The number of hydrogen-bond donors (Lipinski definition) is 1. The number of carbonyl (C=O) groups is 2. The Morgan fingerprint density at radius 1 is 1.17 bits per heavy atom. The Balaban J connectivity index is 1.98. The molecule has 3 rings (SSSR count). The van der Waals surface area contributed by atoms with Crippen LogP contribution in [0.4, 0.5) is 14.5 Å². The Hall–Kier alpha value is -3.76. The van der Waals surface area contributed by atoms with Crippen LogP contribution in [0.2, 0.25) is 0 Å². The van der Waals surface area contributed by atoms with Crippen LogP contribution in [-0.2, 0) is 11.3 Å². The molecule has 1 N–H and O–H groups in total. The van der Waals surface area contributed by atoms with Crippen LogP contribution in [0.5, 0.6) is 11.5 Å².